The molecule has 2 N–H and O–H groups in total. The second-order valence-corrected chi connectivity index (χ2v) is 3.94. The highest BCUT2D eigenvalue weighted by atomic mass is 14.6. The maximum absolute atomic E-state index is 5.76. The number of hydrogen-bond donors (Lipinski definition) is 1. The lowest BCUT2D eigenvalue weighted by Crippen LogP contribution is -2.25. The minimum atomic E-state index is 0.704. The zero-order valence-corrected chi connectivity index (χ0v) is 8.26. The summed E-state index contributed by atoms with van der Waals surface area (Å²) < 4.78 is 0. The summed E-state index contributed by atoms with van der Waals surface area (Å²) in [5.41, 5.74) is 5.76. The largest absolute Gasteiger partial charge is 0.330 e. The Kier molecular flexibility index (Phi) is 4.67. The van der Waals surface area contributed by atoms with Gasteiger partial charge in [-0.2, -0.15) is 0 Å². The number of rotatable bonds is 4. The van der Waals surface area contributed by atoms with Crippen molar-refractivity contribution in [3.8, 4) is 0 Å². The maximum atomic E-state index is 5.76. The predicted octanol–water partition coefficient (Wildman–Crippen LogP) is 2.76. The van der Waals surface area contributed by atoms with Gasteiger partial charge < -0.3 is 5.73 Å². The van der Waals surface area contributed by atoms with Crippen LogP contribution in [-0.4, -0.2) is 6.54 Å². The first-order chi connectivity index (χ1) is 5.88. The molecule has 0 bridgehead atoms. The van der Waals surface area contributed by atoms with E-state index in [4.69, 9.17) is 5.73 Å². The SMILES string of the molecule is CC[CH]C(CN)C1CCCCC1. The molecule has 71 valence electrons. The van der Waals surface area contributed by atoms with Crippen LogP contribution in [0, 0.1) is 18.3 Å². The Bertz CT molecular complexity index is 103. The van der Waals surface area contributed by atoms with E-state index in [0.29, 0.717) is 5.92 Å². The first-order valence-corrected chi connectivity index (χ1v) is 5.42. The van der Waals surface area contributed by atoms with Crippen LogP contribution in [0.4, 0.5) is 0 Å². The molecule has 0 aromatic rings. The standard InChI is InChI=1S/C11H22N/c1-2-6-11(9-12)10-7-4-3-5-8-10/h6,10-11H,2-5,7-9,12H2,1H3. The highest BCUT2D eigenvalue weighted by molar-refractivity contribution is 4.83. The van der Waals surface area contributed by atoms with Crippen molar-refractivity contribution in [2.45, 2.75) is 45.4 Å². The van der Waals surface area contributed by atoms with Gasteiger partial charge in [-0.1, -0.05) is 45.4 Å². The molecule has 1 saturated carbocycles. The second kappa shape index (κ2) is 5.58. The molecular weight excluding hydrogens is 146 g/mol. The van der Waals surface area contributed by atoms with E-state index in [1.807, 2.05) is 0 Å². The summed E-state index contributed by atoms with van der Waals surface area (Å²) >= 11 is 0. The van der Waals surface area contributed by atoms with Gasteiger partial charge >= 0.3 is 0 Å². The van der Waals surface area contributed by atoms with E-state index in [2.05, 4.69) is 13.3 Å². The zero-order chi connectivity index (χ0) is 8.81. The van der Waals surface area contributed by atoms with Crippen molar-refractivity contribution in [2.24, 2.45) is 17.6 Å². The third kappa shape index (κ3) is 2.78. The molecule has 1 heteroatoms. The van der Waals surface area contributed by atoms with Gasteiger partial charge in [-0.3, -0.25) is 0 Å². The van der Waals surface area contributed by atoms with E-state index in [9.17, 15) is 0 Å². The average molecular weight is 168 g/mol. The van der Waals surface area contributed by atoms with E-state index in [1.54, 1.807) is 0 Å². The summed E-state index contributed by atoms with van der Waals surface area (Å²) in [7, 11) is 0. The summed E-state index contributed by atoms with van der Waals surface area (Å²) in [6, 6.07) is 0. The normalized spacial score (nSPS) is 22.5. The van der Waals surface area contributed by atoms with Gasteiger partial charge in [0.2, 0.25) is 0 Å². The van der Waals surface area contributed by atoms with Gasteiger partial charge in [0.25, 0.3) is 0 Å². The van der Waals surface area contributed by atoms with Crippen molar-refractivity contribution in [1.29, 1.82) is 0 Å². The minimum Gasteiger partial charge on any atom is -0.330 e. The Morgan fingerprint density at radius 1 is 1.33 bits per heavy atom. The molecule has 0 amide bonds. The van der Waals surface area contributed by atoms with Crippen LogP contribution in [0.1, 0.15) is 45.4 Å². The van der Waals surface area contributed by atoms with E-state index < -0.39 is 0 Å². The van der Waals surface area contributed by atoms with Crippen LogP contribution in [-0.2, 0) is 0 Å². The molecule has 1 rings (SSSR count). The van der Waals surface area contributed by atoms with E-state index in [1.165, 1.54) is 38.5 Å². The fraction of sp³-hybridized carbons (Fsp3) is 0.909. The van der Waals surface area contributed by atoms with Gasteiger partial charge in [-0.05, 0) is 24.8 Å². The molecule has 0 aliphatic heterocycles. The van der Waals surface area contributed by atoms with Gasteiger partial charge in [0, 0.05) is 0 Å². The van der Waals surface area contributed by atoms with Crippen LogP contribution < -0.4 is 5.73 Å². The zero-order valence-electron chi connectivity index (χ0n) is 8.26. The van der Waals surface area contributed by atoms with Crippen molar-refractivity contribution in [2.75, 3.05) is 6.54 Å². The molecule has 1 radical (unpaired) electrons. The van der Waals surface area contributed by atoms with Gasteiger partial charge in [0.05, 0.1) is 0 Å². The Morgan fingerprint density at radius 2 is 2.00 bits per heavy atom. The molecule has 0 heterocycles. The monoisotopic (exact) mass is 168 g/mol. The van der Waals surface area contributed by atoms with E-state index >= 15 is 0 Å². The van der Waals surface area contributed by atoms with Crippen molar-refractivity contribution in [1.82, 2.24) is 0 Å². The van der Waals surface area contributed by atoms with Gasteiger partial charge in [0.1, 0.15) is 0 Å². The molecular formula is C11H22N. The molecule has 1 aliphatic carbocycles. The van der Waals surface area contributed by atoms with Crippen molar-refractivity contribution >= 4 is 0 Å². The summed E-state index contributed by atoms with van der Waals surface area (Å²) in [6.45, 7) is 3.07. The van der Waals surface area contributed by atoms with Crippen molar-refractivity contribution in [3.63, 3.8) is 0 Å². The maximum Gasteiger partial charge on any atom is -0.00435 e. The van der Waals surface area contributed by atoms with E-state index in [-0.39, 0.29) is 0 Å². The molecule has 12 heavy (non-hydrogen) atoms. The molecule has 0 spiro atoms. The van der Waals surface area contributed by atoms with Gasteiger partial charge in [-0.15, -0.1) is 0 Å². The van der Waals surface area contributed by atoms with Crippen molar-refractivity contribution < 1.29 is 0 Å². The fourth-order valence-electron chi connectivity index (χ4n) is 2.35. The molecule has 1 unspecified atom stereocenters. The number of nitrogens with two attached hydrogens (primary N) is 1. The van der Waals surface area contributed by atoms with Crippen LogP contribution in [0.2, 0.25) is 0 Å². The summed E-state index contributed by atoms with van der Waals surface area (Å²) in [4.78, 5) is 0. The Labute approximate surface area is 76.7 Å². The smallest absolute Gasteiger partial charge is 0.00435 e. The predicted molar refractivity (Wildman–Crippen MR) is 53.7 cm³/mol. The quantitative estimate of drug-likeness (QED) is 0.686. The molecule has 1 aliphatic rings. The van der Waals surface area contributed by atoms with Gasteiger partial charge in [-0.25, -0.2) is 0 Å². The molecule has 0 aromatic carbocycles. The first kappa shape index (κ1) is 10.0. The molecule has 0 saturated heterocycles. The Balaban J connectivity index is 2.29. The third-order valence-electron chi connectivity index (χ3n) is 3.07. The fourth-order valence-corrected chi connectivity index (χ4v) is 2.35. The first-order valence-electron chi connectivity index (χ1n) is 5.42. The molecule has 1 fully saturated rings. The lowest BCUT2D eigenvalue weighted by Gasteiger charge is -2.28. The summed E-state index contributed by atoms with van der Waals surface area (Å²) in [6.07, 6.45) is 10.7. The van der Waals surface area contributed by atoms with Gasteiger partial charge in [0.15, 0.2) is 0 Å². The highest BCUT2D eigenvalue weighted by Gasteiger charge is 2.21. The Morgan fingerprint density at radius 3 is 2.50 bits per heavy atom. The molecule has 1 atom stereocenters. The number of hydrogen-bond acceptors (Lipinski definition) is 1. The molecule has 1 nitrogen and oxygen atoms in total. The minimum absolute atomic E-state index is 0.704. The highest BCUT2D eigenvalue weighted by Crippen LogP contribution is 2.31. The van der Waals surface area contributed by atoms with E-state index in [0.717, 1.165) is 12.5 Å². The van der Waals surface area contributed by atoms with Crippen LogP contribution in [0.25, 0.3) is 0 Å². The van der Waals surface area contributed by atoms with Crippen molar-refractivity contribution in [3.05, 3.63) is 6.42 Å². The summed E-state index contributed by atoms with van der Waals surface area (Å²) in [5.74, 6) is 1.61. The third-order valence-corrected chi connectivity index (χ3v) is 3.07. The Hall–Kier alpha value is -0.0400. The molecule has 0 aromatic heterocycles. The average Bonchev–Trinajstić information content (AvgIpc) is 2.15. The lowest BCUT2D eigenvalue weighted by molar-refractivity contribution is 0.275. The topological polar surface area (TPSA) is 26.0 Å². The van der Waals surface area contributed by atoms with Crippen LogP contribution >= 0.6 is 0 Å². The van der Waals surface area contributed by atoms with Crippen LogP contribution in [0.3, 0.4) is 0 Å². The van der Waals surface area contributed by atoms with Crippen LogP contribution in [0.5, 0.6) is 0 Å². The summed E-state index contributed by atoms with van der Waals surface area (Å²) in [5, 5.41) is 0. The second-order valence-electron chi connectivity index (χ2n) is 3.94. The lowest BCUT2D eigenvalue weighted by atomic mass is 9.78. The van der Waals surface area contributed by atoms with Crippen LogP contribution in [0.15, 0.2) is 0 Å².